The first-order valence-corrected chi connectivity index (χ1v) is 7.86. The maximum Gasteiger partial charge on any atom is 0.277 e. The Morgan fingerprint density at radius 3 is 2.62 bits per heavy atom. The zero-order valence-corrected chi connectivity index (χ0v) is 14.7. The fourth-order valence-corrected chi connectivity index (χ4v) is 2.83. The van der Waals surface area contributed by atoms with Gasteiger partial charge in [-0.15, -0.1) is 0 Å². The summed E-state index contributed by atoms with van der Waals surface area (Å²) in [4.78, 5) is 12.4. The maximum absolute atomic E-state index is 12.4. The number of anilines is 1. The highest BCUT2D eigenvalue weighted by Crippen LogP contribution is 2.31. The Balaban J connectivity index is 1.86. The number of halogens is 2. The van der Waals surface area contributed by atoms with E-state index >= 15 is 0 Å². The molecular weight excluding hydrogens is 351 g/mol. The average Bonchev–Trinajstić information content (AvgIpc) is 3.08. The standard InChI is InChI=1S/C16H14Cl2N4O2/c1-8-15(9(2)22(3)20-8)19-16(23)13-7-14(24-21-13)11-5-4-10(17)6-12(11)18/h4-7H,1-3H3,(H,19,23). The Hall–Kier alpha value is -2.31. The van der Waals surface area contributed by atoms with Gasteiger partial charge in [0, 0.05) is 23.7 Å². The monoisotopic (exact) mass is 364 g/mol. The summed E-state index contributed by atoms with van der Waals surface area (Å²) in [7, 11) is 1.81. The quantitative estimate of drug-likeness (QED) is 0.753. The van der Waals surface area contributed by atoms with Crippen molar-refractivity contribution in [2.45, 2.75) is 13.8 Å². The molecule has 2 heterocycles. The highest BCUT2D eigenvalue weighted by atomic mass is 35.5. The third kappa shape index (κ3) is 3.02. The number of carbonyl (C=O) groups excluding carboxylic acids is 1. The zero-order chi connectivity index (χ0) is 17.4. The second kappa shape index (κ2) is 6.30. The molecule has 0 saturated heterocycles. The van der Waals surface area contributed by atoms with Gasteiger partial charge in [-0.3, -0.25) is 9.48 Å². The summed E-state index contributed by atoms with van der Waals surface area (Å²) < 4.78 is 6.94. The molecule has 0 atom stereocenters. The molecule has 0 bridgehead atoms. The topological polar surface area (TPSA) is 73.0 Å². The summed E-state index contributed by atoms with van der Waals surface area (Å²) in [6.07, 6.45) is 0. The van der Waals surface area contributed by atoms with E-state index in [0.717, 1.165) is 11.4 Å². The van der Waals surface area contributed by atoms with Gasteiger partial charge in [0.15, 0.2) is 11.5 Å². The van der Waals surface area contributed by atoms with E-state index in [1.54, 1.807) is 22.9 Å². The maximum atomic E-state index is 12.4. The minimum absolute atomic E-state index is 0.152. The van der Waals surface area contributed by atoms with Gasteiger partial charge < -0.3 is 9.84 Å². The van der Waals surface area contributed by atoms with Crippen molar-refractivity contribution < 1.29 is 9.32 Å². The van der Waals surface area contributed by atoms with E-state index in [-0.39, 0.29) is 11.6 Å². The highest BCUT2D eigenvalue weighted by molar-refractivity contribution is 6.36. The molecule has 0 fully saturated rings. The van der Waals surface area contributed by atoms with Gasteiger partial charge >= 0.3 is 0 Å². The molecule has 0 saturated carbocycles. The first-order chi connectivity index (χ1) is 11.4. The number of hydrogen-bond acceptors (Lipinski definition) is 4. The smallest absolute Gasteiger partial charge is 0.277 e. The third-order valence-corrected chi connectivity index (χ3v) is 4.23. The van der Waals surface area contributed by atoms with Gasteiger partial charge in [0.2, 0.25) is 0 Å². The predicted octanol–water partition coefficient (Wildman–Crippen LogP) is 4.25. The molecule has 124 valence electrons. The van der Waals surface area contributed by atoms with Gasteiger partial charge in [0.1, 0.15) is 0 Å². The molecule has 3 rings (SSSR count). The molecule has 1 aromatic carbocycles. The third-order valence-electron chi connectivity index (χ3n) is 3.69. The fourth-order valence-electron chi connectivity index (χ4n) is 2.33. The first kappa shape index (κ1) is 16.5. The molecule has 0 aliphatic carbocycles. The van der Waals surface area contributed by atoms with Gasteiger partial charge in [-0.1, -0.05) is 28.4 Å². The van der Waals surface area contributed by atoms with Crippen LogP contribution in [0.5, 0.6) is 0 Å². The van der Waals surface area contributed by atoms with Crippen LogP contribution in [0.1, 0.15) is 21.9 Å². The molecule has 6 nitrogen and oxygen atoms in total. The molecule has 0 spiro atoms. The summed E-state index contributed by atoms with van der Waals surface area (Å²) in [6, 6.07) is 6.53. The molecule has 8 heteroatoms. The lowest BCUT2D eigenvalue weighted by Gasteiger charge is -2.02. The van der Waals surface area contributed by atoms with Gasteiger partial charge in [0.05, 0.1) is 22.1 Å². The first-order valence-electron chi connectivity index (χ1n) is 7.10. The summed E-state index contributed by atoms with van der Waals surface area (Å²) >= 11 is 12.0. The van der Waals surface area contributed by atoms with E-state index in [2.05, 4.69) is 15.6 Å². The van der Waals surface area contributed by atoms with Crippen LogP contribution in [0.15, 0.2) is 28.8 Å². The summed E-state index contributed by atoms with van der Waals surface area (Å²) in [6.45, 7) is 3.70. The van der Waals surface area contributed by atoms with Crippen molar-refractivity contribution >= 4 is 34.8 Å². The number of benzene rings is 1. The normalized spacial score (nSPS) is 10.9. The van der Waals surface area contributed by atoms with E-state index in [1.165, 1.54) is 6.07 Å². The summed E-state index contributed by atoms with van der Waals surface area (Å²) in [5.41, 5.74) is 3.01. The van der Waals surface area contributed by atoms with Gasteiger partial charge in [-0.05, 0) is 32.0 Å². The molecular formula is C16H14Cl2N4O2. The van der Waals surface area contributed by atoms with Crippen LogP contribution in [0, 0.1) is 13.8 Å². The lowest BCUT2D eigenvalue weighted by Crippen LogP contribution is -2.13. The minimum Gasteiger partial charge on any atom is -0.355 e. The predicted molar refractivity (Wildman–Crippen MR) is 92.6 cm³/mol. The van der Waals surface area contributed by atoms with Crippen LogP contribution in [0.25, 0.3) is 11.3 Å². The number of nitrogens with one attached hydrogen (secondary N) is 1. The van der Waals surface area contributed by atoms with Crippen molar-refractivity contribution in [1.82, 2.24) is 14.9 Å². The van der Waals surface area contributed by atoms with Gasteiger partial charge in [0.25, 0.3) is 5.91 Å². The molecule has 0 aliphatic heterocycles. The van der Waals surface area contributed by atoms with E-state index in [9.17, 15) is 4.79 Å². The molecule has 1 amide bonds. The SMILES string of the molecule is Cc1nn(C)c(C)c1NC(=O)c1cc(-c2ccc(Cl)cc2Cl)on1. The van der Waals surface area contributed by atoms with E-state index in [4.69, 9.17) is 27.7 Å². The van der Waals surface area contributed by atoms with Crippen molar-refractivity contribution in [3.8, 4) is 11.3 Å². The van der Waals surface area contributed by atoms with Crippen LogP contribution in [0.3, 0.4) is 0 Å². The van der Waals surface area contributed by atoms with Crippen molar-refractivity contribution in [1.29, 1.82) is 0 Å². The van der Waals surface area contributed by atoms with Gasteiger partial charge in [-0.2, -0.15) is 5.10 Å². The lowest BCUT2D eigenvalue weighted by atomic mass is 10.1. The number of hydrogen-bond donors (Lipinski definition) is 1. The van der Waals surface area contributed by atoms with Crippen molar-refractivity contribution in [3.05, 3.63) is 51.4 Å². The molecule has 0 aliphatic rings. The molecule has 3 aromatic rings. The summed E-state index contributed by atoms with van der Waals surface area (Å²) in [5.74, 6) is 0.00994. The number of amides is 1. The zero-order valence-electron chi connectivity index (χ0n) is 13.2. The Morgan fingerprint density at radius 1 is 1.25 bits per heavy atom. The van der Waals surface area contributed by atoms with Crippen LogP contribution >= 0.6 is 23.2 Å². The number of carbonyl (C=O) groups is 1. The van der Waals surface area contributed by atoms with Crippen LogP contribution in [-0.2, 0) is 7.05 Å². The largest absolute Gasteiger partial charge is 0.355 e. The molecule has 0 radical (unpaired) electrons. The number of nitrogens with zero attached hydrogens (tertiary/aromatic N) is 3. The van der Waals surface area contributed by atoms with Crippen LogP contribution in [0.4, 0.5) is 5.69 Å². The fraction of sp³-hybridized carbons (Fsp3) is 0.188. The highest BCUT2D eigenvalue weighted by Gasteiger charge is 2.18. The number of rotatable bonds is 3. The molecule has 0 unspecified atom stereocenters. The van der Waals surface area contributed by atoms with Crippen LogP contribution in [-0.4, -0.2) is 20.8 Å². The molecule has 1 N–H and O–H groups in total. The lowest BCUT2D eigenvalue weighted by molar-refractivity contribution is 0.101. The molecule has 2 aromatic heterocycles. The second-order valence-electron chi connectivity index (χ2n) is 5.32. The Bertz CT molecular complexity index is 930. The second-order valence-corrected chi connectivity index (χ2v) is 6.17. The van der Waals surface area contributed by atoms with E-state index in [0.29, 0.717) is 27.1 Å². The van der Waals surface area contributed by atoms with Gasteiger partial charge in [-0.25, -0.2) is 0 Å². The van der Waals surface area contributed by atoms with Crippen molar-refractivity contribution in [3.63, 3.8) is 0 Å². The van der Waals surface area contributed by atoms with Crippen LogP contribution in [0.2, 0.25) is 10.0 Å². The number of aromatic nitrogens is 3. The Labute approximate surface area is 148 Å². The van der Waals surface area contributed by atoms with E-state index < -0.39 is 0 Å². The van der Waals surface area contributed by atoms with E-state index in [1.807, 2.05) is 20.9 Å². The summed E-state index contributed by atoms with van der Waals surface area (Å²) in [5, 5.41) is 11.8. The van der Waals surface area contributed by atoms with Crippen molar-refractivity contribution in [2.75, 3.05) is 5.32 Å². The average molecular weight is 365 g/mol. The minimum atomic E-state index is -0.380. The Morgan fingerprint density at radius 2 is 2.00 bits per heavy atom. The number of aryl methyl sites for hydroxylation is 2. The molecule has 24 heavy (non-hydrogen) atoms. The van der Waals surface area contributed by atoms with Crippen LogP contribution < -0.4 is 5.32 Å². The Kier molecular flexibility index (Phi) is 4.34. The van der Waals surface area contributed by atoms with Crippen molar-refractivity contribution in [2.24, 2.45) is 7.05 Å².